The Balaban J connectivity index is 1.46. The van der Waals surface area contributed by atoms with Gasteiger partial charge in [-0.15, -0.1) is 11.8 Å². The van der Waals surface area contributed by atoms with E-state index in [1.54, 1.807) is 29.3 Å². The summed E-state index contributed by atoms with van der Waals surface area (Å²) in [5.41, 5.74) is -0.0753. The van der Waals surface area contributed by atoms with Gasteiger partial charge in [-0.25, -0.2) is 9.97 Å². The molecule has 2 amide bonds. The number of hydrogen-bond donors (Lipinski definition) is 1. The molecule has 196 valence electrons. The van der Waals surface area contributed by atoms with Crippen LogP contribution in [0.25, 0.3) is 0 Å². The minimum Gasteiger partial charge on any atom is -0.444 e. The van der Waals surface area contributed by atoms with Crippen molar-refractivity contribution in [1.82, 2.24) is 20.2 Å². The average Bonchev–Trinajstić information content (AvgIpc) is 3.56. The fourth-order valence-corrected chi connectivity index (χ4v) is 6.48. The molecular formula is C26H37N5O3S2. The predicted octanol–water partition coefficient (Wildman–Crippen LogP) is 4.48. The van der Waals surface area contributed by atoms with E-state index in [1.807, 2.05) is 16.0 Å². The third kappa shape index (κ3) is 6.77. The summed E-state index contributed by atoms with van der Waals surface area (Å²) in [6.07, 6.45) is 8.63. The second-order valence-corrected chi connectivity index (χ2v) is 12.9. The van der Waals surface area contributed by atoms with Crippen molar-refractivity contribution in [3.8, 4) is 0 Å². The highest BCUT2D eigenvalue weighted by molar-refractivity contribution is 8.00. The van der Waals surface area contributed by atoms with Crippen molar-refractivity contribution in [3.63, 3.8) is 0 Å². The van der Waals surface area contributed by atoms with E-state index < -0.39 is 0 Å². The van der Waals surface area contributed by atoms with Crippen LogP contribution in [0.4, 0.5) is 5.13 Å². The summed E-state index contributed by atoms with van der Waals surface area (Å²) in [6, 6.07) is 0. The quantitative estimate of drug-likeness (QED) is 0.397. The smallest absolute Gasteiger partial charge is 0.245 e. The molecule has 1 unspecified atom stereocenters. The molecule has 0 saturated carbocycles. The first-order chi connectivity index (χ1) is 17.2. The van der Waals surface area contributed by atoms with E-state index >= 15 is 0 Å². The normalized spacial score (nSPS) is 19.3. The third-order valence-corrected chi connectivity index (χ3v) is 8.93. The molecule has 0 aliphatic carbocycles. The average molecular weight is 532 g/mol. The zero-order valence-electron chi connectivity index (χ0n) is 21.5. The van der Waals surface area contributed by atoms with Crippen LogP contribution in [0.2, 0.25) is 0 Å². The van der Waals surface area contributed by atoms with E-state index in [0.29, 0.717) is 24.7 Å². The highest BCUT2D eigenvalue weighted by Gasteiger charge is 2.32. The van der Waals surface area contributed by atoms with Gasteiger partial charge in [0.1, 0.15) is 5.76 Å². The summed E-state index contributed by atoms with van der Waals surface area (Å²) < 4.78 is 6.95. The minimum absolute atomic E-state index is 0.00360. The maximum Gasteiger partial charge on any atom is 0.245 e. The van der Waals surface area contributed by atoms with Crippen LogP contribution in [0.5, 0.6) is 0 Å². The molecule has 2 aliphatic rings. The molecule has 2 aromatic heterocycles. The Morgan fingerprint density at radius 2 is 2.06 bits per heavy atom. The maximum absolute atomic E-state index is 13.7. The monoisotopic (exact) mass is 531 g/mol. The second kappa shape index (κ2) is 11.9. The SMILES string of the molecule is C=CC(=O)N1CCCC(CN(C(=O)C2CCNCC2)c2ncc(SCc3ncc(C(C)(C)C)o3)s2)C1. The third-order valence-electron chi connectivity index (χ3n) is 6.73. The molecule has 2 aliphatic heterocycles. The van der Waals surface area contributed by atoms with Crippen LogP contribution < -0.4 is 10.2 Å². The number of piperidine rings is 2. The number of nitrogens with one attached hydrogen (secondary N) is 1. The molecule has 36 heavy (non-hydrogen) atoms. The van der Waals surface area contributed by atoms with Crippen LogP contribution in [0, 0.1) is 11.8 Å². The highest BCUT2D eigenvalue weighted by Crippen LogP contribution is 2.35. The molecule has 10 heteroatoms. The summed E-state index contributed by atoms with van der Waals surface area (Å²) >= 11 is 3.16. The zero-order valence-corrected chi connectivity index (χ0v) is 23.1. The van der Waals surface area contributed by atoms with Crippen molar-refractivity contribution < 1.29 is 14.0 Å². The van der Waals surface area contributed by atoms with Crippen LogP contribution in [-0.4, -0.2) is 59.4 Å². The lowest BCUT2D eigenvalue weighted by Crippen LogP contribution is -2.47. The number of aromatic nitrogens is 2. The number of hydrogen-bond acceptors (Lipinski definition) is 8. The maximum atomic E-state index is 13.7. The van der Waals surface area contributed by atoms with Crippen LogP contribution in [-0.2, 0) is 20.8 Å². The molecule has 2 fully saturated rings. The Labute approximate surface area is 221 Å². The predicted molar refractivity (Wildman–Crippen MR) is 144 cm³/mol. The van der Waals surface area contributed by atoms with Gasteiger partial charge in [0.2, 0.25) is 17.7 Å². The van der Waals surface area contributed by atoms with Gasteiger partial charge >= 0.3 is 0 Å². The molecule has 1 N–H and O–H groups in total. The number of thioether (sulfide) groups is 1. The summed E-state index contributed by atoms with van der Waals surface area (Å²) in [7, 11) is 0. The molecule has 4 heterocycles. The van der Waals surface area contributed by atoms with Gasteiger partial charge in [-0.1, -0.05) is 38.7 Å². The lowest BCUT2D eigenvalue weighted by atomic mass is 9.94. The summed E-state index contributed by atoms with van der Waals surface area (Å²) in [4.78, 5) is 38.7. The summed E-state index contributed by atoms with van der Waals surface area (Å²) in [5, 5.41) is 4.08. The largest absolute Gasteiger partial charge is 0.444 e. The molecule has 2 saturated heterocycles. The van der Waals surface area contributed by atoms with Gasteiger partial charge in [-0.05, 0) is 50.8 Å². The lowest BCUT2D eigenvalue weighted by Gasteiger charge is -2.36. The fraction of sp³-hybridized carbons (Fsp3) is 0.615. The van der Waals surface area contributed by atoms with Crippen molar-refractivity contribution in [3.05, 3.63) is 36.7 Å². The summed E-state index contributed by atoms with van der Waals surface area (Å²) in [6.45, 7) is 13.6. The van der Waals surface area contributed by atoms with Crippen molar-refractivity contribution >= 4 is 40.0 Å². The summed E-state index contributed by atoms with van der Waals surface area (Å²) in [5.74, 6) is 2.51. The zero-order chi connectivity index (χ0) is 25.7. The molecule has 0 bridgehead atoms. The number of oxazole rings is 1. The Morgan fingerprint density at radius 3 is 2.75 bits per heavy atom. The molecule has 8 nitrogen and oxygen atoms in total. The molecule has 2 aromatic rings. The van der Waals surface area contributed by atoms with Gasteiger partial charge in [0.25, 0.3) is 0 Å². The number of carbonyl (C=O) groups is 2. The van der Waals surface area contributed by atoms with Gasteiger partial charge in [0.15, 0.2) is 5.13 Å². The first kappa shape index (κ1) is 26.9. The molecule has 0 aromatic carbocycles. The Morgan fingerprint density at radius 1 is 1.28 bits per heavy atom. The van der Waals surface area contributed by atoms with E-state index in [2.05, 4.69) is 42.6 Å². The number of nitrogens with zero attached hydrogens (tertiary/aromatic N) is 4. The molecule has 0 spiro atoms. The van der Waals surface area contributed by atoms with Gasteiger partial charge in [0, 0.05) is 31.0 Å². The van der Waals surface area contributed by atoms with Gasteiger partial charge in [-0.3, -0.25) is 14.5 Å². The highest BCUT2D eigenvalue weighted by atomic mass is 32.2. The van der Waals surface area contributed by atoms with Crippen LogP contribution >= 0.6 is 23.1 Å². The van der Waals surface area contributed by atoms with E-state index in [-0.39, 0.29) is 29.1 Å². The van der Waals surface area contributed by atoms with Crippen molar-refractivity contribution in [2.24, 2.45) is 11.8 Å². The number of likely N-dealkylation sites (tertiary alicyclic amines) is 1. The second-order valence-electron chi connectivity index (χ2n) is 10.6. The minimum atomic E-state index is -0.0753. The van der Waals surface area contributed by atoms with Gasteiger partial charge < -0.3 is 14.6 Å². The Kier molecular flexibility index (Phi) is 8.90. The standard InChI is InChI=1S/C26H37N5O3S2/c1-5-22(32)30-12-6-7-18(15-30)16-31(24(33)19-8-10-27-11-9-19)25-29-14-23(36-25)35-17-21-28-13-20(34-21)26(2,3)4/h5,13-14,18-19,27H,1,6-12,15-17H2,2-4H3. The molecule has 4 rings (SSSR count). The number of rotatable bonds is 8. The Bertz CT molecular complexity index is 1050. The van der Waals surface area contributed by atoms with Crippen molar-refractivity contribution in [1.29, 1.82) is 0 Å². The molecule has 1 atom stereocenters. The Hall–Kier alpha value is -2.17. The van der Waals surface area contributed by atoms with Gasteiger partial charge in [0.05, 0.1) is 22.4 Å². The van der Waals surface area contributed by atoms with Gasteiger partial charge in [-0.2, -0.15) is 0 Å². The van der Waals surface area contributed by atoms with E-state index in [1.165, 1.54) is 6.08 Å². The topological polar surface area (TPSA) is 91.6 Å². The number of thiazole rings is 1. The first-order valence-corrected chi connectivity index (χ1v) is 14.5. The van der Waals surface area contributed by atoms with Crippen LogP contribution in [0.1, 0.15) is 58.1 Å². The van der Waals surface area contributed by atoms with E-state index in [0.717, 1.165) is 60.4 Å². The van der Waals surface area contributed by atoms with Crippen molar-refractivity contribution in [2.75, 3.05) is 37.6 Å². The number of amides is 2. The van der Waals surface area contributed by atoms with E-state index in [4.69, 9.17) is 4.42 Å². The molecular weight excluding hydrogens is 494 g/mol. The van der Waals surface area contributed by atoms with E-state index in [9.17, 15) is 9.59 Å². The van der Waals surface area contributed by atoms with Crippen LogP contribution in [0.3, 0.4) is 0 Å². The van der Waals surface area contributed by atoms with Crippen LogP contribution in [0.15, 0.2) is 33.7 Å². The first-order valence-electron chi connectivity index (χ1n) is 12.7. The molecule has 0 radical (unpaired) electrons. The number of anilines is 1. The lowest BCUT2D eigenvalue weighted by molar-refractivity contribution is -0.127. The number of carbonyl (C=O) groups excluding carboxylic acids is 2. The van der Waals surface area contributed by atoms with Crippen molar-refractivity contribution in [2.45, 2.75) is 61.8 Å². The fourth-order valence-electron chi connectivity index (χ4n) is 4.65.